The van der Waals surface area contributed by atoms with Crippen molar-refractivity contribution >= 4 is 12.4 Å². The molecule has 0 aromatic heterocycles. The summed E-state index contributed by atoms with van der Waals surface area (Å²) in [5, 5.41) is 19.9. The van der Waals surface area contributed by atoms with Crippen LogP contribution in [0, 0.1) is 11.7 Å². The second-order valence-electron chi connectivity index (χ2n) is 5.12. The summed E-state index contributed by atoms with van der Waals surface area (Å²) in [6.45, 7) is 0. The van der Waals surface area contributed by atoms with Gasteiger partial charge >= 0.3 is 0 Å². The van der Waals surface area contributed by atoms with Crippen LogP contribution in [0.3, 0.4) is 0 Å². The van der Waals surface area contributed by atoms with E-state index in [-0.39, 0.29) is 29.6 Å². The van der Waals surface area contributed by atoms with Crippen molar-refractivity contribution in [3.63, 3.8) is 0 Å². The van der Waals surface area contributed by atoms with Gasteiger partial charge in [0, 0.05) is 5.56 Å². The molecule has 0 unspecified atom stereocenters. The van der Waals surface area contributed by atoms with E-state index >= 15 is 0 Å². The summed E-state index contributed by atoms with van der Waals surface area (Å²) in [7, 11) is 0. The highest BCUT2D eigenvalue weighted by atomic mass is 35.5. The molecule has 1 fully saturated rings. The van der Waals surface area contributed by atoms with E-state index < -0.39 is 18.0 Å². The fourth-order valence-corrected chi connectivity index (χ4v) is 2.75. The van der Waals surface area contributed by atoms with Crippen molar-refractivity contribution in [1.29, 1.82) is 0 Å². The number of aliphatic hydroxyl groups is 1. The van der Waals surface area contributed by atoms with Gasteiger partial charge in [-0.25, -0.2) is 4.39 Å². The molecule has 0 radical (unpaired) electrons. The quantitative estimate of drug-likeness (QED) is 0.801. The predicted molar refractivity (Wildman–Crippen MR) is 74.8 cm³/mol. The average molecular weight is 290 g/mol. The van der Waals surface area contributed by atoms with Crippen molar-refractivity contribution < 1.29 is 14.6 Å². The molecule has 0 amide bonds. The van der Waals surface area contributed by atoms with Gasteiger partial charge in [-0.05, 0) is 37.0 Å². The number of phenols is 1. The van der Waals surface area contributed by atoms with Gasteiger partial charge in [-0.2, -0.15) is 0 Å². The van der Waals surface area contributed by atoms with Crippen LogP contribution in [0.1, 0.15) is 43.7 Å². The van der Waals surface area contributed by atoms with Crippen LogP contribution >= 0.6 is 12.4 Å². The molecule has 0 aliphatic heterocycles. The molecule has 0 saturated heterocycles. The lowest BCUT2D eigenvalue weighted by atomic mass is 9.81. The summed E-state index contributed by atoms with van der Waals surface area (Å²) < 4.78 is 13.2. The first-order valence-corrected chi connectivity index (χ1v) is 6.51. The van der Waals surface area contributed by atoms with Gasteiger partial charge in [-0.1, -0.05) is 19.3 Å². The van der Waals surface area contributed by atoms with Crippen molar-refractivity contribution in [2.75, 3.05) is 0 Å². The SMILES string of the molecule is Cl.N[C@H](c1cc(F)ccc1O)[C@@H](O)C1CCCCC1. The smallest absolute Gasteiger partial charge is 0.123 e. The van der Waals surface area contributed by atoms with Crippen molar-refractivity contribution in [3.05, 3.63) is 29.6 Å². The summed E-state index contributed by atoms with van der Waals surface area (Å²) >= 11 is 0. The molecule has 2 rings (SSSR count). The summed E-state index contributed by atoms with van der Waals surface area (Å²) in [6.07, 6.45) is 4.57. The number of hydrogen-bond acceptors (Lipinski definition) is 3. The maximum atomic E-state index is 13.2. The van der Waals surface area contributed by atoms with Crippen molar-refractivity contribution in [1.82, 2.24) is 0 Å². The standard InChI is InChI=1S/C14H20FNO2.ClH/c15-10-6-7-12(17)11(8-10)13(16)14(18)9-4-2-1-3-5-9;/h6-9,13-14,17-18H,1-5,16H2;1H/t13-,14+;/m1./s1. The van der Waals surface area contributed by atoms with Gasteiger partial charge in [-0.15, -0.1) is 12.4 Å². The zero-order valence-corrected chi connectivity index (χ0v) is 11.6. The van der Waals surface area contributed by atoms with Gasteiger partial charge in [-0.3, -0.25) is 0 Å². The molecular formula is C14H21ClFNO2. The molecule has 1 aromatic rings. The average Bonchev–Trinajstić information content (AvgIpc) is 2.41. The molecule has 1 aliphatic carbocycles. The Morgan fingerprint density at radius 1 is 1.21 bits per heavy atom. The molecule has 5 heteroatoms. The lowest BCUT2D eigenvalue weighted by Crippen LogP contribution is -2.34. The van der Waals surface area contributed by atoms with Gasteiger partial charge < -0.3 is 15.9 Å². The van der Waals surface area contributed by atoms with Crippen molar-refractivity contribution in [2.45, 2.75) is 44.2 Å². The Kier molecular flexibility index (Phi) is 6.04. The number of benzene rings is 1. The highest BCUT2D eigenvalue weighted by Crippen LogP contribution is 2.34. The molecule has 4 N–H and O–H groups in total. The van der Waals surface area contributed by atoms with Gasteiger partial charge in [0.15, 0.2) is 0 Å². The van der Waals surface area contributed by atoms with E-state index in [0.29, 0.717) is 0 Å². The molecule has 19 heavy (non-hydrogen) atoms. The molecule has 1 saturated carbocycles. The number of aromatic hydroxyl groups is 1. The van der Waals surface area contributed by atoms with Crippen LogP contribution in [0.4, 0.5) is 4.39 Å². The minimum absolute atomic E-state index is 0. The Balaban J connectivity index is 0.00000180. The van der Waals surface area contributed by atoms with E-state index in [4.69, 9.17) is 5.73 Å². The normalized spacial score (nSPS) is 19.5. The molecule has 108 valence electrons. The monoisotopic (exact) mass is 289 g/mol. The highest BCUT2D eigenvalue weighted by Gasteiger charge is 2.29. The third-order valence-corrected chi connectivity index (χ3v) is 3.85. The predicted octanol–water partition coefficient (Wildman–Crippen LogP) is 2.89. The van der Waals surface area contributed by atoms with Gasteiger partial charge in [0.1, 0.15) is 11.6 Å². The van der Waals surface area contributed by atoms with E-state index in [2.05, 4.69) is 0 Å². The number of rotatable bonds is 3. The number of hydrogen-bond donors (Lipinski definition) is 3. The van der Waals surface area contributed by atoms with Crippen LogP contribution < -0.4 is 5.73 Å². The molecule has 0 bridgehead atoms. The first kappa shape index (κ1) is 16.2. The Hall–Kier alpha value is -0.840. The van der Waals surface area contributed by atoms with Crippen LogP contribution in [0.2, 0.25) is 0 Å². The minimum atomic E-state index is -0.733. The summed E-state index contributed by atoms with van der Waals surface area (Å²) in [5.41, 5.74) is 6.25. The molecule has 2 atom stereocenters. The molecule has 3 nitrogen and oxygen atoms in total. The fraction of sp³-hybridized carbons (Fsp3) is 0.571. The minimum Gasteiger partial charge on any atom is -0.508 e. The van der Waals surface area contributed by atoms with E-state index in [1.54, 1.807) is 0 Å². The molecule has 1 aromatic carbocycles. The lowest BCUT2D eigenvalue weighted by Gasteiger charge is -2.30. The maximum Gasteiger partial charge on any atom is 0.123 e. The summed E-state index contributed by atoms with van der Waals surface area (Å²) in [5.74, 6) is -0.357. The fourth-order valence-electron chi connectivity index (χ4n) is 2.75. The Morgan fingerprint density at radius 2 is 1.84 bits per heavy atom. The van der Waals surface area contributed by atoms with Crippen LogP contribution in [-0.4, -0.2) is 16.3 Å². The van der Waals surface area contributed by atoms with Gasteiger partial charge in [0.05, 0.1) is 12.1 Å². The van der Waals surface area contributed by atoms with E-state index in [9.17, 15) is 14.6 Å². The number of phenolic OH excluding ortho intramolecular Hbond substituents is 1. The van der Waals surface area contributed by atoms with Crippen LogP contribution in [0.15, 0.2) is 18.2 Å². The van der Waals surface area contributed by atoms with Crippen LogP contribution in [-0.2, 0) is 0 Å². The maximum absolute atomic E-state index is 13.2. The number of nitrogens with two attached hydrogens (primary N) is 1. The Bertz CT molecular complexity index is 410. The molecule has 0 spiro atoms. The molecule has 0 heterocycles. The van der Waals surface area contributed by atoms with Gasteiger partial charge in [0.25, 0.3) is 0 Å². The molecular weight excluding hydrogens is 269 g/mol. The van der Waals surface area contributed by atoms with E-state index in [0.717, 1.165) is 25.7 Å². The second kappa shape index (κ2) is 7.08. The van der Waals surface area contributed by atoms with E-state index in [1.807, 2.05) is 0 Å². The Morgan fingerprint density at radius 3 is 2.47 bits per heavy atom. The third-order valence-electron chi connectivity index (χ3n) is 3.85. The highest BCUT2D eigenvalue weighted by molar-refractivity contribution is 5.85. The zero-order chi connectivity index (χ0) is 13.1. The number of halogens is 2. The van der Waals surface area contributed by atoms with Crippen molar-refractivity contribution in [2.24, 2.45) is 11.7 Å². The second-order valence-corrected chi connectivity index (χ2v) is 5.12. The summed E-state index contributed by atoms with van der Waals surface area (Å²) in [4.78, 5) is 0. The summed E-state index contributed by atoms with van der Waals surface area (Å²) in [6, 6.07) is 2.92. The van der Waals surface area contributed by atoms with Crippen LogP contribution in [0.25, 0.3) is 0 Å². The third kappa shape index (κ3) is 3.81. The Labute approximate surface area is 119 Å². The first-order chi connectivity index (χ1) is 8.59. The first-order valence-electron chi connectivity index (χ1n) is 6.51. The number of aliphatic hydroxyl groups excluding tert-OH is 1. The topological polar surface area (TPSA) is 66.5 Å². The molecule has 1 aliphatic rings. The van der Waals surface area contributed by atoms with Crippen LogP contribution in [0.5, 0.6) is 5.75 Å². The lowest BCUT2D eigenvalue weighted by molar-refractivity contribution is 0.0610. The zero-order valence-electron chi connectivity index (χ0n) is 10.8. The van der Waals surface area contributed by atoms with E-state index in [1.165, 1.54) is 24.6 Å². The largest absolute Gasteiger partial charge is 0.508 e. The van der Waals surface area contributed by atoms with Gasteiger partial charge in [0.2, 0.25) is 0 Å². The van der Waals surface area contributed by atoms with Crippen molar-refractivity contribution in [3.8, 4) is 5.75 Å².